The highest BCUT2D eigenvalue weighted by atomic mass is 19.4. The van der Waals surface area contributed by atoms with E-state index in [0.29, 0.717) is 31.4 Å². The number of carboxylic acids is 1. The second-order valence-corrected chi connectivity index (χ2v) is 5.91. The Morgan fingerprint density at radius 3 is 2.24 bits per heavy atom. The third kappa shape index (κ3) is 6.52. The van der Waals surface area contributed by atoms with Crippen molar-refractivity contribution in [2.24, 2.45) is 5.92 Å². The van der Waals surface area contributed by atoms with Gasteiger partial charge in [-0.15, -0.1) is 0 Å². The number of urea groups is 1. The van der Waals surface area contributed by atoms with E-state index in [2.05, 4.69) is 15.4 Å². The van der Waals surface area contributed by atoms with Crippen molar-refractivity contribution in [1.29, 1.82) is 0 Å². The van der Waals surface area contributed by atoms with Gasteiger partial charge < -0.3 is 20.5 Å². The predicted octanol–water partition coefficient (Wildman–Crippen LogP) is 3.39. The highest BCUT2D eigenvalue weighted by Crippen LogP contribution is 2.24. The van der Waals surface area contributed by atoms with Crippen molar-refractivity contribution < 1.29 is 32.6 Å². The zero-order valence-electron chi connectivity index (χ0n) is 13.3. The molecule has 1 fully saturated rings. The van der Waals surface area contributed by atoms with Crippen LogP contribution in [0.4, 0.5) is 23.7 Å². The maximum atomic E-state index is 12.1. The van der Waals surface area contributed by atoms with Gasteiger partial charge in [0, 0.05) is 11.7 Å². The van der Waals surface area contributed by atoms with Gasteiger partial charge in [0.25, 0.3) is 0 Å². The summed E-state index contributed by atoms with van der Waals surface area (Å²) >= 11 is 0. The molecule has 2 amide bonds. The summed E-state index contributed by atoms with van der Waals surface area (Å²) in [6.07, 6.45) is -2.18. The van der Waals surface area contributed by atoms with Crippen LogP contribution in [0.2, 0.25) is 0 Å². The third-order valence-electron chi connectivity index (χ3n) is 3.93. The van der Waals surface area contributed by atoms with E-state index in [9.17, 15) is 22.8 Å². The highest BCUT2D eigenvalue weighted by Gasteiger charge is 2.28. The predicted molar refractivity (Wildman–Crippen MR) is 83.5 cm³/mol. The first kappa shape index (κ1) is 18.9. The zero-order chi connectivity index (χ0) is 18.4. The molecule has 138 valence electrons. The summed E-state index contributed by atoms with van der Waals surface area (Å²) < 4.78 is 40.8. The molecule has 1 aliphatic carbocycles. The monoisotopic (exact) mass is 360 g/mol. The van der Waals surface area contributed by atoms with Crippen LogP contribution in [0.5, 0.6) is 5.75 Å². The number of ether oxygens (including phenoxy) is 1. The lowest BCUT2D eigenvalue weighted by Gasteiger charge is -2.26. The summed E-state index contributed by atoms with van der Waals surface area (Å²) in [7, 11) is 0. The van der Waals surface area contributed by atoms with E-state index >= 15 is 0 Å². The van der Waals surface area contributed by atoms with Crippen LogP contribution in [0.3, 0.4) is 0 Å². The fraction of sp³-hybridized carbons (Fsp3) is 0.500. The van der Waals surface area contributed by atoms with E-state index in [1.165, 1.54) is 24.3 Å². The SMILES string of the molecule is O=C(Nc1ccc(OCC(F)(F)F)cc1)NC1CCC(C(=O)O)CC1. The van der Waals surface area contributed by atoms with E-state index in [0.717, 1.165) is 0 Å². The maximum absolute atomic E-state index is 12.1. The Balaban J connectivity index is 1.76. The standard InChI is InChI=1S/C16H19F3N2O4/c17-16(18,19)9-25-13-7-5-12(6-8-13)21-15(24)20-11-3-1-10(2-4-11)14(22)23/h5-8,10-11H,1-4,9H2,(H,22,23)(H2,20,21,24). The highest BCUT2D eigenvalue weighted by molar-refractivity contribution is 5.89. The van der Waals surface area contributed by atoms with Crippen LogP contribution >= 0.6 is 0 Å². The molecular weight excluding hydrogens is 341 g/mol. The van der Waals surface area contributed by atoms with E-state index in [4.69, 9.17) is 5.11 Å². The lowest BCUT2D eigenvalue weighted by Crippen LogP contribution is -2.40. The van der Waals surface area contributed by atoms with Crippen molar-refractivity contribution in [1.82, 2.24) is 5.32 Å². The minimum Gasteiger partial charge on any atom is -0.484 e. The number of nitrogens with one attached hydrogen (secondary N) is 2. The number of benzene rings is 1. The zero-order valence-corrected chi connectivity index (χ0v) is 13.3. The Hall–Kier alpha value is -2.45. The molecule has 0 radical (unpaired) electrons. The van der Waals surface area contributed by atoms with E-state index in [-0.39, 0.29) is 17.7 Å². The van der Waals surface area contributed by atoms with E-state index in [1.807, 2.05) is 0 Å². The molecule has 0 aromatic heterocycles. The topological polar surface area (TPSA) is 87.7 Å². The Morgan fingerprint density at radius 2 is 1.72 bits per heavy atom. The molecule has 0 spiro atoms. The molecule has 2 rings (SSSR count). The minimum absolute atomic E-state index is 0.0512. The Bertz CT molecular complexity index is 596. The molecule has 0 aliphatic heterocycles. The molecule has 3 N–H and O–H groups in total. The maximum Gasteiger partial charge on any atom is 0.422 e. The first-order chi connectivity index (χ1) is 11.7. The summed E-state index contributed by atoms with van der Waals surface area (Å²) in [5.41, 5.74) is 0.413. The lowest BCUT2D eigenvalue weighted by atomic mass is 9.86. The molecule has 1 aromatic carbocycles. The van der Waals surface area contributed by atoms with Crippen molar-refractivity contribution in [3.8, 4) is 5.75 Å². The van der Waals surface area contributed by atoms with Crippen LogP contribution in [0, 0.1) is 5.92 Å². The summed E-state index contributed by atoms with van der Waals surface area (Å²) in [5.74, 6) is -1.11. The number of aliphatic carboxylic acids is 1. The van der Waals surface area contributed by atoms with Gasteiger partial charge in [-0.3, -0.25) is 4.79 Å². The van der Waals surface area contributed by atoms with Gasteiger partial charge in [-0.25, -0.2) is 4.79 Å². The quantitative estimate of drug-likeness (QED) is 0.751. The molecule has 9 heteroatoms. The molecular formula is C16H19F3N2O4. The second-order valence-electron chi connectivity index (χ2n) is 5.91. The first-order valence-corrected chi connectivity index (χ1v) is 7.83. The van der Waals surface area contributed by atoms with Crippen molar-refractivity contribution in [3.63, 3.8) is 0 Å². The van der Waals surface area contributed by atoms with Crippen molar-refractivity contribution >= 4 is 17.7 Å². The normalized spacial score (nSPS) is 20.6. The minimum atomic E-state index is -4.41. The van der Waals surface area contributed by atoms with Crippen molar-refractivity contribution in [2.75, 3.05) is 11.9 Å². The molecule has 1 aliphatic rings. The molecule has 1 saturated carbocycles. The summed E-state index contributed by atoms with van der Waals surface area (Å²) in [6, 6.07) is 5.01. The van der Waals surface area contributed by atoms with Crippen LogP contribution in [-0.2, 0) is 4.79 Å². The Morgan fingerprint density at radius 1 is 1.12 bits per heavy atom. The lowest BCUT2D eigenvalue weighted by molar-refractivity contribution is -0.153. The summed E-state index contributed by atoms with van der Waals surface area (Å²) in [5, 5.41) is 14.3. The second kappa shape index (κ2) is 8.09. The van der Waals surface area contributed by atoms with Crippen molar-refractivity contribution in [3.05, 3.63) is 24.3 Å². The number of alkyl halides is 3. The Kier molecular flexibility index (Phi) is 6.11. The average Bonchev–Trinajstić information content (AvgIpc) is 2.54. The number of hydrogen-bond acceptors (Lipinski definition) is 3. The average molecular weight is 360 g/mol. The van der Waals surface area contributed by atoms with Gasteiger partial charge in [0.2, 0.25) is 0 Å². The first-order valence-electron chi connectivity index (χ1n) is 7.83. The van der Waals surface area contributed by atoms with E-state index in [1.54, 1.807) is 0 Å². The molecule has 1 aromatic rings. The molecule has 0 saturated heterocycles. The molecule has 25 heavy (non-hydrogen) atoms. The molecule has 0 atom stereocenters. The van der Waals surface area contributed by atoms with Crippen LogP contribution < -0.4 is 15.4 Å². The fourth-order valence-electron chi connectivity index (χ4n) is 2.64. The number of hydrogen-bond donors (Lipinski definition) is 3. The molecule has 0 bridgehead atoms. The van der Waals surface area contributed by atoms with Crippen LogP contribution in [0.25, 0.3) is 0 Å². The van der Waals surface area contributed by atoms with Crippen molar-refractivity contribution in [2.45, 2.75) is 37.9 Å². The molecule has 0 unspecified atom stereocenters. The number of carbonyl (C=O) groups is 2. The largest absolute Gasteiger partial charge is 0.484 e. The van der Waals surface area contributed by atoms with Crippen LogP contribution in [0.15, 0.2) is 24.3 Å². The van der Waals surface area contributed by atoms with Gasteiger partial charge in [-0.05, 0) is 49.9 Å². The fourth-order valence-corrected chi connectivity index (χ4v) is 2.64. The van der Waals surface area contributed by atoms with Gasteiger partial charge in [-0.2, -0.15) is 13.2 Å². The van der Waals surface area contributed by atoms with Crippen LogP contribution in [0.1, 0.15) is 25.7 Å². The summed E-state index contributed by atoms with van der Waals surface area (Å²) in [4.78, 5) is 22.8. The summed E-state index contributed by atoms with van der Waals surface area (Å²) in [6.45, 7) is -1.38. The number of anilines is 1. The van der Waals surface area contributed by atoms with Gasteiger partial charge in [0.05, 0.1) is 5.92 Å². The van der Waals surface area contributed by atoms with Gasteiger partial charge >= 0.3 is 18.2 Å². The van der Waals surface area contributed by atoms with Gasteiger partial charge in [0.15, 0.2) is 6.61 Å². The number of halogens is 3. The van der Waals surface area contributed by atoms with Crippen LogP contribution in [-0.4, -0.2) is 35.9 Å². The molecule has 6 nitrogen and oxygen atoms in total. The van der Waals surface area contributed by atoms with E-state index < -0.39 is 24.8 Å². The molecule has 0 heterocycles. The number of carboxylic acid groups (broad SMARTS) is 1. The smallest absolute Gasteiger partial charge is 0.422 e. The third-order valence-corrected chi connectivity index (χ3v) is 3.93. The number of rotatable bonds is 5. The number of carbonyl (C=O) groups excluding carboxylic acids is 1. The van der Waals surface area contributed by atoms with Gasteiger partial charge in [-0.1, -0.05) is 0 Å². The number of amides is 2. The Labute approximate surface area is 142 Å². The van der Waals surface area contributed by atoms with Gasteiger partial charge in [0.1, 0.15) is 5.75 Å².